The fourth-order valence-corrected chi connectivity index (χ4v) is 2.42. The number of nitro groups is 1. The third-order valence-corrected chi connectivity index (χ3v) is 3.65. The van der Waals surface area contributed by atoms with Gasteiger partial charge in [0.15, 0.2) is 5.75 Å². The second-order valence-electron chi connectivity index (χ2n) is 5.11. The molecular formula is C16H13N3O6. The van der Waals surface area contributed by atoms with Crippen LogP contribution in [0.25, 0.3) is 22.4 Å². The van der Waals surface area contributed by atoms with Crippen molar-refractivity contribution in [3.8, 4) is 22.9 Å². The number of H-pyrrole nitrogens is 1. The fraction of sp³-hybridized carbons (Fsp3) is 0.125. The summed E-state index contributed by atoms with van der Waals surface area (Å²) in [5.74, 6) is -0.751. The highest BCUT2D eigenvalue weighted by Crippen LogP contribution is 2.39. The van der Waals surface area contributed by atoms with E-state index in [-0.39, 0.29) is 5.75 Å². The van der Waals surface area contributed by atoms with Gasteiger partial charge in [-0.3, -0.25) is 10.1 Å². The Bertz CT molecular complexity index is 995. The van der Waals surface area contributed by atoms with Crippen LogP contribution in [0.5, 0.6) is 11.5 Å². The quantitative estimate of drug-likeness (QED) is 0.423. The first-order valence-electron chi connectivity index (χ1n) is 7.08. The molecular weight excluding hydrogens is 330 g/mol. The van der Waals surface area contributed by atoms with Crippen molar-refractivity contribution in [1.29, 1.82) is 0 Å². The molecule has 1 heterocycles. The average Bonchev–Trinajstić information content (AvgIpc) is 3.04. The fourth-order valence-electron chi connectivity index (χ4n) is 2.42. The Balaban J connectivity index is 2.14. The largest absolute Gasteiger partial charge is 0.500 e. The first kappa shape index (κ1) is 16.2. The van der Waals surface area contributed by atoms with Crippen LogP contribution in [0.1, 0.15) is 10.4 Å². The van der Waals surface area contributed by atoms with E-state index in [1.165, 1.54) is 26.4 Å². The van der Waals surface area contributed by atoms with Gasteiger partial charge >= 0.3 is 11.7 Å². The Hall–Kier alpha value is -3.62. The highest BCUT2D eigenvalue weighted by atomic mass is 16.6. The molecule has 25 heavy (non-hydrogen) atoms. The molecule has 0 aliphatic heterocycles. The summed E-state index contributed by atoms with van der Waals surface area (Å²) < 4.78 is 9.65. The van der Waals surface area contributed by atoms with Gasteiger partial charge in [0.25, 0.3) is 0 Å². The molecule has 3 aromatic rings. The topological polar surface area (TPSA) is 128 Å². The number of benzene rings is 2. The van der Waals surface area contributed by atoms with Gasteiger partial charge in [-0.2, -0.15) is 0 Å². The number of phenolic OH excluding ortho intramolecular Hbond substituents is 1. The number of fused-ring (bicyclic) bond motifs is 1. The van der Waals surface area contributed by atoms with Gasteiger partial charge in [-0.1, -0.05) is 0 Å². The Kier molecular flexibility index (Phi) is 3.97. The first-order chi connectivity index (χ1) is 11.9. The summed E-state index contributed by atoms with van der Waals surface area (Å²) in [6, 6.07) is 7.40. The zero-order valence-corrected chi connectivity index (χ0v) is 13.3. The first-order valence-corrected chi connectivity index (χ1v) is 7.08. The second kappa shape index (κ2) is 6.11. The molecule has 128 valence electrons. The zero-order valence-electron chi connectivity index (χ0n) is 13.3. The van der Waals surface area contributed by atoms with E-state index in [1.807, 2.05) is 0 Å². The average molecular weight is 343 g/mol. The Morgan fingerprint density at radius 3 is 2.68 bits per heavy atom. The van der Waals surface area contributed by atoms with Gasteiger partial charge in [-0.15, -0.1) is 0 Å². The van der Waals surface area contributed by atoms with Gasteiger partial charge in [-0.05, 0) is 24.3 Å². The second-order valence-corrected chi connectivity index (χ2v) is 5.11. The molecule has 0 fully saturated rings. The number of rotatable bonds is 4. The maximum absolute atomic E-state index is 11.6. The predicted octanol–water partition coefficient (Wildman–Crippen LogP) is 2.64. The molecule has 1 aromatic heterocycles. The van der Waals surface area contributed by atoms with Crippen molar-refractivity contribution in [2.45, 2.75) is 0 Å². The third-order valence-electron chi connectivity index (χ3n) is 3.65. The predicted molar refractivity (Wildman–Crippen MR) is 87.7 cm³/mol. The minimum absolute atomic E-state index is 0.0418. The number of ether oxygens (including phenoxy) is 2. The van der Waals surface area contributed by atoms with Crippen LogP contribution in [0.3, 0.4) is 0 Å². The summed E-state index contributed by atoms with van der Waals surface area (Å²) in [5, 5.41) is 21.0. The van der Waals surface area contributed by atoms with Crippen LogP contribution in [0.2, 0.25) is 0 Å². The van der Waals surface area contributed by atoms with Gasteiger partial charge < -0.3 is 19.6 Å². The van der Waals surface area contributed by atoms with Crippen LogP contribution < -0.4 is 4.74 Å². The zero-order chi connectivity index (χ0) is 18.1. The monoisotopic (exact) mass is 343 g/mol. The van der Waals surface area contributed by atoms with E-state index in [1.54, 1.807) is 18.2 Å². The normalized spacial score (nSPS) is 10.6. The molecule has 0 aliphatic carbocycles. The van der Waals surface area contributed by atoms with Gasteiger partial charge in [-0.25, -0.2) is 9.78 Å². The molecule has 0 aliphatic rings. The van der Waals surface area contributed by atoms with Gasteiger partial charge in [0.1, 0.15) is 5.82 Å². The van der Waals surface area contributed by atoms with Crippen LogP contribution in [0.15, 0.2) is 30.3 Å². The van der Waals surface area contributed by atoms with E-state index in [0.29, 0.717) is 28.0 Å². The van der Waals surface area contributed by atoms with Crippen molar-refractivity contribution in [1.82, 2.24) is 9.97 Å². The highest BCUT2D eigenvalue weighted by molar-refractivity contribution is 5.94. The lowest BCUT2D eigenvalue weighted by molar-refractivity contribution is -0.385. The van der Waals surface area contributed by atoms with Gasteiger partial charge in [0.05, 0.1) is 35.7 Å². The number of nitro benzene ring substituents is 1. The number of aromatic amines is 1. The van der Waals surface area contributed by atoms with Crippen molar-refractivity contribution >= 4 is 22.7 Å². The summed E-state index contributed by atoms with van der Waals surface area (Å²) in [5.41, 5.74) is 1.34. The van der Waals surface area contributed by atoms with E-state index in [4.69, 9.17) is 4.74 Å². The van der Waals surface area contributed by atoms with Crippen molar-refractivity contribution in [2.24, 2.45) is 0 Å². The van der Waals surface area contributed by atoms with Gasteiger partial charge in [0, 0.05) is 11.6 Å². The van der Waals surface area contributed by atoms with Crippen LogP contribution in [-0.2, 0) is 4.74 Å². The summed E-state index contributed by atoms with van der Waals surface area (Å²) in [7, 11) is 2.58. The molecule has 0 saturated carbocycles. The van der Waals surface area contributed by atoms with Crippen LogP contribution >= 0.6 is 0 Å². The molecule has 9 heteroatoms. The standard InChI is InChI=1S/C16H13N3O6/c1-24-13-7-9(6-12(14(13)20)19(22)23)15-17-10-4-3-8(16(21)25-2)5-11(10)18-15/h3-7,20H,1-2H3,(H,17,18). The third kappa shape index (κ3) is 2.82. The lowest BCUT2D eigenvalue weighted by Crippen LogP contribution is -2.00. The van der Waals surface area contributed by atoms with Crippen LogP contribution in [-0.4, -0.2) is 40.2 Å². The Morgan fingerprint density at radius 1 is 1.28 bits per heavy atom. The van der Waals surface area contributed by atoms with Crippen molar-refractivity contribution in [2.75, 3.05) is 14.2 Å². The molecule has 0 amide bonds. The Morgan fingerprint density at radius 2 is 2.04 bits per heavy atom. The van der Waals surface area contributed by atoms with Crippen molar-refractivity contribution in [3.63, 3.8) is 0 Å². The molecule has 0 bridgehead atoms. The number of hydrogen-bond donors (Lipinski definition) is 2. The number of carbonyl (C=O) groups is 1. The van der Waals surface area contributed by atoms with E-state index >= 15 is 0 Å². The summed E-state index contributed by atoms with van der Waals surface area (Å²) in [4.78, 5) is 29.3. The molecule has 0 saturated heterocycles. The number of esters is 1. The van der Waals surface area contributed by atoms with Gasteiger partial charge in [0.2, 0.25) is 5.75 Å². The number of aromatic nitrogens is 2. The SMILES string of the molecule is COC(=O)c1ccc2nc(-c3cc(OC)c(O)c([N+](=O)[O-])c3)[nH]c2c1. The summed E-state index contributed by atoms with van der Waals surface area (Å²) in [6.07, 6.45) is 0. The van der Waals surface area contributed by atoms with Crippen molar-refractivity contribution in [3.05, 3.63) is 46.0 Å². The molecule has 0 radical (unpaired) electrons. The Labute approximate surface area is 141 Å². The van der Waals surface area contributed by atoms with Crippen LogP contribution in [0.4, 0.5) is 5.69 Å². The number of carbonyl (C=O) groups excluding carboxylic acids is 1. The molecule has 2 aromatic carbocycles. The summed E-state index contributed by atoms with van der Waals surface area (Å²) in [6.45, 7) is 0. The number of aromatic hydroxyl groups is 1. The van der Waals surface area contributed by atoms with Crippen molar-refractivity contribution < 1.29 is 24.3 Å². The number of imidazole rings is 1. The molecule has 3 rings (SSSR count). The van der Waals surface area contributed by atoms with E-state index in [0.717, 1.165) is 0 Å². The number of methoxy groups -OCH3 is 2. The minimum atomic E-state index is -0.709. The number of phenols is 1. The summed E-state index contributed by atoms with van der Waals surface area (Å²) >= 11 is 0. The highest BCUT2D eigenvalue weighted by Gasteiger charge is 2.21. The van der Waals surface area contributed by atoms with E-state index in [9.17, 15) is 20.0 Å². The minimum Gasteiger partial charge on any atom is -0.500 e. The number of nitrogens with zero attached hydrogens (tertiary/aromatic N) is 2. The molecule has 2 N–H and O–H groups in total. The number of hydrogen-bond acceptors (Lipinski definition) is 7. The van der Waals surface area contributed by atoms with E-state index < -0.39 is 22.3 Å². The van der Waals surface area contributed by atoms with Crippen LogP contribution in [0, 0.1) is 10.1 Å². The maximum atomic E-state index is 11.6. The van der Waals surface area contributed by atoms with E-state index in [2.05, 4.69) is 14.7 Å². The lowest BCUT2D eigenvalue weighted by Gasteiger charge is -2.06. The molecule has 0 spiro atoms. The smallest absolute Gasteiger partial charge is 0.337 e. The number of nitrogens with one attached hydrogen (secondary N) is 1. The molecule has 9 nitrogen and oxygen atoms in total. The molecule has 0 atom stereocenters. The molecule has 0 unspecified atom stereocenters. The maximum Gasteiger partial charge on any atom is 0.337 e. The lowest BCUT2D eigenvalue weighted by atomic mass is 10.1.